The molecule has 128 valence electrons. The number of amides is 1. The van der Waals surface area contributed by atoms with Crippen LogP contribution < -0.4 is 15.8 Å². The van der Waals surface area contributed by atoms with E-state index in [0.717, 1.165) is 17.7 Å². The number of nitrogens with one attached hydrogen (secondary N) is 1. The van der Waals surface area contributed by atoms with Gasteiger partial charge in [-0.1, -0.05) is 55.0 Å². The first-order valence-electron chi connectivity index (χ1n) is 8.35. The lowest BCUT2D eigenvalue weighted by Crippen LogP contribution is -2.36. The van der Waals surface area contributed by atoms with Crippen LogP contribution in [0.15, 0.2) is 54.6 Å². The molecule has 2 rings (SSSR count). The standard InChI is InChI=1S/C20H26N2O2/c1-15-9-11-18(12-10-15)24-14-6-13-22-20(23)16(2)19(21)17-7-4-3-5-8-17/h3-5,7-12,16,19H,6,13-14,21H2,1-2H3,(H,22,23). The first-order valence-corrected chi connectivity index (χ1v) is 8.35. The highest BCUT2D eigenvalue weighted by Gasteiger charge is 2.21. The van der Waals surface area contributed by atoms with E-state index >= 15 is 0 Å². The Morgan fingerprint density at radius 3 is 2.46 bits per heavy atom. The van der Waals surface area contributed by atoms with Crippen LogP contribution in [0.2, 0.25) is 0 Å². The maximum Gasteiger partial charge on any atom is 0.224 e. The third-order valence-electron chi connectivity index (χ3n) is 4.05. The number of hydrogen-bond acceptors (Lipinski definition) is 3. The fraction of sp³-hybridized carbons (Fsp3) is 0.350. The Kier molecular flexibility index (Phi) is 6.82. The number of carbonyl (C=O) groups is 1. The molecule has 0 radical (unpaired) electrons. The molecular weight excluding hydrogens is 300 g/mol. The summed E-state index contributed by atoms with van der Waals surface area (Å²) in [6, 6.07) is 17.3. The molecule has 0 spiro atoms. The van der Waals surface area contributed by atoms with E-state index in [9.17, 15) is 4.79 Å². The Balaban J connectivity index is 1.68. The molecule has 4 nitrogen and oxygen atoms in total. The van der Waals surface area contributed by atoms with Crippen LogP contribution in [0.3, 0.4) is 0 Å². The van der Waals surface area contributed by atoms with E-state index in [1.165, 1.54) is 5.56 Å². The number of benzene rings is 2. The van der Waals surface area contributed by atoms with Crippen LogP contribution >= 0.6 is 0 Å². The highest BCUT2D eigenvalue weighted by atomic mass is 16.5. The van der Waals surface area contributed by atoms with E-state index in [2.05, 4.69) is 5.32 Å². The summed E-state index contributed by atoms with van der Waals surface area (Å²) < 4.78 is 5.64. The summed E-state index contributed by atoms with van der Waals surface area (Å²) in [6.45, 7) is 5.05. The first-order chi connectivity index (χ1) is 11.6. The van der Waals surface area contributed by atoms with Gasteiger partial charge in [0.05, 0.1) is 12.5 Å². The number of aryl methyl sites for hydroxylation is 1. The molecule has 0 aliphatic rings. The Morgan fingerprint density at radius 2 is 1.79 bits per heavy atom. The summed E-state index contributed by atoms with van der Waals surface area (Å²) >= 11 is 0. The predicted molar refractivity (Wildman–Crippen MR) is 96.8 cm³/mol. The van der Waals surface area contributed by atoms with Crippen molar-refractivity contribution in [3.8, 4) is 5.75 Å². The van der Waals surface area contributed by atoms with E-state index in [-0.39, 0.29) is 17.9 Å². The molecule has 3 N–H and O–H groups in total. The molecule has 0 saturated carbocycles. The second-order valence-electron chi connectivity index (χ2n) is 6.03. The summed E-state index contributed by atoms with van der Waals surface area (Å²) in [4.78, 5) is 12.2. The molecule has 2 unspecified atom stereocenters. The smallest absolute Gasteiger partial charge is 0.224 e. The average Bonchev–Trinajstić information content (AvgIpc) is 2.62. The van der Waals surface area contributed by atoms with Crippen molar-refractivity contribution in [2.24, 2.45) is 11.7 Å². The molecule has 0 bridgehead atoms. The lowest BCUT2D eigenvalue weighted by Gasteiger charge is -2.19. The molecule has 0 aliphatic carbocycles. The molecule has 24 heavy (non-hydrogen) atoms. The van der Waals surface area contributed by atoms with Crippen LogP contribution in [-0.2, 0) is 4.79 Å². The van der Waals surface area contributed by atoms with Crippen LogP contribution in [-0.4, -0.2) is 19.1 Å². The van der Waals surface area contributed by atoms with E-state index in [4.69, 9.17) is 10.5 Å². The molecule has 0 aromatic heterocycles. The van der Waals surface area contributed by atoms with Gasteiger partial charge in [0.25, 0.3) is 0 Å². The Hall–Kier alpha value is -2.33. The average molecular weight is 326 g/mol. The maximum absolute atomic E-state index is 12.2. The quantitative estimate of drug-likeness (QED) is 0.732. The van der Waals surface area contributed by atoms with Gasteiger partial charge in [0.1, 0.15) is 5.75 Å². The fourth-order valence-corrected chi connectivity index (χ4v) is 2.40. The Morgan fingerprint density at radius 1 is 1.12 bits per heavy atom. The minimum Gasteiger partial charge on any atom is -0.494 e. The zero-order valence-corrected chi connectivity index (χ0v) is 14.4. The molecule has 0 fully saturated rings. The van der Waals surface area contributed by atoms with E-state index < -0.39 is 0 Å². The van der Waals surface area contributed by atoms with Crippen LogP contribution in [0.4, 0.5) is 0 Å². The normalized spacial score (nSPS) is 13.1. The van der Waals surface area contributed by atoms with Crippen LogP contribution in [0.1, 0.15) is 30.5 Å². The van der Waals surface area contributed by atoms with Gasteiger partial charge >= 0.3 is 0 Å². The fourth-order valence-electron chi connectivity index (χ4n) is 2.40. The lowest BCUT2D eigenvalue weighted by molar-refractivity contribution is -0.125. The summed E-state index contributed by atoms with van der Waals surface area (Å²) in [6.07, 6.45) is 0.757. The van der Waals surface area contributed by atoms with Gasteiger partial charge in [0, 0.05) is 12.6 Å². The summed E-state index contributed by atoms with van der Waals surface area (Å²) in [5.41, 5.74) is 8.35. The molecule has 0 saturated heterocycles. The molecule has 0 aliphatic heterocycles. The van der Waals surface area contributed by atoms with Crippen molar-refractivity contribution in [2.45, 2.75) is 26.3 Å². The summed E-state index contributed by atoms with van der Waals surface area (Å²) in [5, 5.41) is 2.93. The monoisotopic (exact) mass is 326 g/mol. The zero-order chi connectivity index (χ0) is 17.4. The number of carbonyl (C=O) groups excluding carboxylic acids is 1. The molecule has 2 atom stereocenters. The van der Waals surface area contributed by atoms with E-state index in [1.807, 2.05) is 68.4 Å². The van der Waals surface area contributed by atoms with E-state index in [0.29, 0.717) is 13.2 Å². The Labute approximate surface area is 144 Å². The molecule has 0 heterocycles. The predicted octanol–water partition coefficient (Wildman–Crippen LogP) is 3.22. The summed E-state index contributed by atoms with van der Waals surface area (Å²) in [7, 11) is 0. The topological polar surface area (TPSA) is 64.3 Å². The summed E-state index contributed by atoms with van der Waals surface area (Å²) in [5.74, 6) is 0.554. The number of nitrogens with two attached hydrogens (primary N) is 1. The van der Waals surface area contributed by atoms with Gasteiger partial charge in [-0.05, 0) is 31.0 Å². The van der Waals surface area contributed by atoms with Crippen molar-refractivity contribution >= 4 is 5.91 Å². The number of ether oxygens (including phenoxy) is 1. The Bertz CT molecular complexity index is 626. The largest absolute Gasteiger partial charge is 0.494 e. The highest BCUT2D eigenvalue weighted by molar-refractivity contribution is 5.79. The van der Waals surface area contributed by atoms with Crippen molar-refractivity contribution in [1.29, 1.82) is 0 Å². The van der Waals surface area contributed by atoms with Gasteiger partial charge in [-0.3, -0.25) is 4.79 Å². The van der Waals surface area contributed by atoms with Crippen LogP contribution in [0.5, 0.6) is 5.75 Å². The maximum atomic E-state index is 12.2. The molecule has 2 aromatic rings. The van der Waals surface area contributed by atoms with Crippen molar-refractivity contribution in [3.63, 3.8) is 0 Å². The van der Waals surface area contributed by atoms with Crippen LogP contribution in [0, 0.1) is 12.8 Å². The van der Waals surface area contributed by atoms with Crippen molar-refractivity contribution in [3.05, 3.63) is 65.7 Å². The van der Waals surface area contributed by atoms with Gasteiger partial charge in [-0.2, -0.15) is 0 Å². The van der Waals surface area contributed by atoms with Gasteiger partial charge in [0.2, 0.25) is 5.91 Å². The van der Waals surface area contributed by atoms with Gasteiger partial charge < -0.3 is 15.8 Å². The second-order valence-corrected chi connectivity index (χ2v) is 6.03. The van der Waals surface area contributed by atoms with Gasteiger partial charge in [0.15, 0.2) is 0 Å². The van der Waals surface area contributed by atoms with E-state index in [1.54, 1.807) is 0 Å². The highest BCUT2D eigenvalue weighted by Crippen LogP contribution is 2.19. The van der Waals surface area contributed by atoms with Crippen LogP contribution in [0.25, 0.3) is 0 Å². The molecule has 4 heteroatoms. The zero-order valence-electron chi connectivity index (χ0n) is 14.4. The lowest BCUT2D eigenvalue weighted by atomic mass is 9.95. The minimum atomic E-state index is -0.296. The number of rotatable bonds is 8. The second kappa shape index (κ2) is 9.08. The van der Waals surface area contributed by atoms with Gasteiger partial charge in [-0.15, -0.1) is 0 Å². The van der Waals surface area contributed by atoms with Gasteiger partial charge in [-0.25, -0.2) is 0 Å². The minimum absolute atomic E-state index is 0.0262. The molecule has 1 amide bonds. The number of hydrogen-bond donors (Lipinski definition) is 2. The third kappa shape index (κ3) is 5.39. The first kappa shape index (κ1) is 18.0. The molecular formula is C20H26N2O2. The molecule has 2 aromatic carbocycles. The van der Waals surface area contributed by atoms with Crippen molar-refractivity contribution in [1.82, 2.24) is 5.32 Å². The van der Waals surface area contributed by atoms with Crippen molar-refractivity contribution < 1.29 is 9.53 Å². The van der Waals surface area contributed by atoms with Crippen molar-refractivity contribution in [2.75, 3.05) is 13.2 Å². The SMILES string of the molecule is Cc1ccc(OCCCNC(=O)C(C)C(N)c2ccccc2)cc1. The third-order valence-corrected chi connectivity index (χ3v) is 4.05.